The molecule has 22 heavy (non-hydrogen) atoms. The Labute approximate surface area is 136 Å². The second-order valence-electron chi connectivity index (χ2n) is 6.25. The summed E-state index contributed by atoms with van der Waals surface area (Å²) in [6.07, 6.45) is 8.33. The first-order valence-electron chi connectivity index (χ1n) is 8.46. The normalized spacial score (nSPS) is 11.8. The molecule has 1 aromatic carbocycles. The molecule has 0 heterocycles. The minimum atomic E-state index is -3.39. The number of hydrogen-bond acceptors (Lipinski definition) is 2. The Morgan fingerprint density at radius 3 is 1.91 bits per heavy atom. The van der Waals surface area contributed by atoms with Gasteiger partial charge in [-0.05, 0) is 38.3 Å². The predicted octanol–water partition coefficient (Wildman–Crippen LogP) is 4.64. The molecule has 1 aromatic rings. The van der Waals surface area contributed by atoms with Gasteiger partial charge in [-0.25, -0.2) is 13.1 Å². The van der Waals surface area contributed by atoms with Gasteiger partial charge in [0.1, 0.15) is 0 Å². The van der Waals surface area contributed by atoms with Gasteiger partial charge in [0, 0.05) is 6.54 Å². The highest BCUT2D eigenvalue weighted by Crippen LogP contribution is 2.21. The van der Waals surface area contributed by atoms with E-state index < -0.39 is 10.0 Å². The van der Waals surface area contributed by atoms with E-state index in [1.54, 1.807) is 0 Å². The highest BCUT2D eigenvalue weighted by molar-refractivity contribution is 7.89. The van der Waals surface area contributed by atoms with E-state index in [9.17, 15) is 8.42 Å². The third-order valence-corrected chi connectivity index (χ3v) is 5.71. The van der Waals surface area contributed by atoms with E-state index in [1.807, 2.05) is 32.9 Å². The fraction of sp³-hybridized carbons (Fsp3) is 0.667. The number of rotatable bonds is 10. The van der Waals surface area contributed by atoms with Gasteiger partial charge in [-0.3, -0.25) is 0 Å². The molecule has 0 bridgehead atoms. The molecule has 0 amide bonds. The smallest absolute Gasteiger partial charge is 0.211 e. The largest absolute Gasteiger partial charge is 0.241 e. The van der Waals surface area contributed by atoms with Crippen LogP contribution in [0.2, 0.25) is 0 Å². The molecule has 1 rings (SSSR count). The van der Waals surface area contributed by atoms with Crippen LogP contribution in [0.1, 0.15) is 68.6 Å². The standard InChI is InChI=1S/C18H31NO2S/c1-5-6-7-8-9-10-11-12-19-22(20,21)18-16(3)13-15(2)14-17(18)4/h13-14,19H,5-12H2,1-4H3. The highest BCUT2D eigenvalue weighted by Gasteiger charge is 2.18. The maximum Gasteiger partial charge on any atom is 0.241 e. The maximum atomic E-state index is 12.4. The third kappa shape index (κ3) is 6.09. The van der Waals surface area contributed by atoms with E-state index in [4.69, 9.17) is 0 Å². The summed E-state index contributed by atoms with van der Waals surface area (Å²) in [6, 6.07) is 3.85. The Kier molecular flexibility index (Phi) is 8.12. The Morgan fingerprint density at radius 1 is 0.864 bits per heavy atom. The molecule has 0 fully saturated rings. The summed E-state index contributed by atoms with van der Waals surface area (Å²) in [7, 11) is -3.39. The van der Waals surface area contributed by atoms with Crippen molar-refractivity contribution in [2.24, 2.45) is 0 Å². The van der Waals surface area contributed by atoms with Gasteiger partial charge < -0.3 is 0 Å². The van der Waals surface area contributed by atoms with Crippen molar-refractivity contribution < 1.29 is 8.42 Å². The van der Waals surface area contributed by atoms with Gasteiger partial charge in [0.2, 0.25) is 10.0 Å². The number of hydrogen-bond donors (Lipinski definition) is 1. The van der Waals surface area contributed by atoms with Crippen LogP contribution in [0.5, 0.6) is 0 Å². The quantitative estimate of drug-likeness (QED) is 0.637. The first-order valence-corrected chi connectivity index (χ1v) is 9.94. The SMILES string of the molecule is CCCCCCCCCNS(=O)(=O)c1c(C)cc(C)cc1C. The van der Waals surface area contributed by atoms with E-state index in [-0.39, 0.29) is 0 Å². The van der Waals surface area contributed by atoms with Crippen LogP contribution in [0.25, 0.3) is 0 Å². The lowest BCUT2D eigenvalue weighted by Crippen LogP contribution is -2.26. The summed E-state index contributed by atoms with van der Waals surface area (Å²) >= 11 is 0. The lowest BCUT2D eigenvalue weighted by molar-refractivity contribution is 0.563. The second-order valence-corrected chi connectivity index (χ2v) is 7.95. The van der Waals surface area contributed by atoms with Gasteiger partial charge in [0.15, 0.2) is 0 Å². The number of unbranched alkanes of at least 4 members (excludes halogenated alkanes) is 6. The summed E-state index contributed by atoms with van der Waals surface area (Å²) in [5, 5.41) is 0. The molecule has 0 atom stereocenters. The van der Waals surface area contributed by atoms with Gasteiger partial charge in [-0.15, -0.1) is 0 Å². The highest BCUT2D eigenvalue weighted by atomic mass is 32.2. The molecule has 0 saturated carbocycles. The van der Waals surface area contributed by atoms with Crippen molar-refractivity contribution in [2.75, 3.05) is 6.54 Å². The van der Waals surface area contributed by atoms with Crippen LogP contribution < -0.4 is 4.72 Å². The Hall–Kier alpha value is -0.870. The fourth-order valence-corrected chi connectivity index (χ4v) is 4.47. The zero-order chi connectivity index (χ0) is 16.6. The molecule has 0 unspecified atom stereocenters. The molecule has 0 radical (unpaired) electrons. The molecule has 0 aliphatic rings. The van der Waals surface area contributed by atoms with Gasteiger partial charge in [-0.2, -0.15) is 0 Å². The minimum absolute atomic E-state index is 0.445. The average molecular weight is 326 g/mol. The van der Waals surface area contributed by atoms with Gasteiger partial charge in [0.05, 0.1) is 4.90 Å². The van der Waals surface area contributed by atoms with Gasteiger partial charge >= 0.3 is 0 Å². The van der Waals surface area contributed by atoms with Crippen molar-refractivity contribution in [1.29, 1.82) is 0 Å². The van der Waals surface area contributed by atoms with Gasteiger partial charge in [-0.1, -0.05) is 63.1 Å². The maximum absolute atomic E-state index is 12.4. The van der Waals surface area contributed by atoms with E-state index in [1.165, 1.54) is 32.1 Å². The Bertz CT molecular complexity index is 541. The molecule has 0 saturated heterocycles. The number of nitrogens with one attached hydrogen (secondary N) is 1. The monoisotopic (exact) mass is 325 g/mol. The van der Waals surface area contributed by atoms with Crippen molar-refractivity contribution in [3.8, 4) is 0 Å². The molecule has 0 spiro atoms. The molecular formula is C18H31NO2S. The summed E-state index contributed by atoms with van der Waals surface area (Å²) < 4.78 is 27.6. The Morgan fingerprint density at radius 2 is 1.36 bits per heavy atom. The summed E-state index contributed by atoms with van der Waals surface area (Å²) in [5.41, 5.74) is 2.75. The third-order valence-electron chi connectivity index (χ3n) is 3.95. The van der Waals surface area contributed by atoms with E-state index >= 15 is 0 Å². The first kappa shape index (κ1) is 19.2. The van der Waals surface area contributed by atoms with Crippen LogP contribution in [0.4, 0.5) is 0 Å². The lowest BCUT2D eigenvalue weighted by Gasteiger charge is -2.13. The van der Waals surface area contributed by atoms with Crippen LogP contribution in [0, 0.1) is 20.8 Å². The second kappa shape index (κ2) is 9.31. The van der Waals surface area contributed by atoms with Crippen molar-refractivity contribution >= 4 is 10.0 Å². The van der Waals surface area contributed by atoms with Crippen LogP contribution in [0.3, 0.4) is 0 Å². The van der Waals surface area contributed by atoms with Crippen LogP contribution in [0.15, 0.2) is 17.0 Å². The summed E-state index contributed by atoms with van der Waals surface area (Å²) in [6.45, 7) is 8.46. The van der Waals surface area contributed by atoms with Crippen molar-refractivity contribution in [3.05, 3.63) is 28.8 Å². The van der Waals surface area contributed by atoms with Crippen LogP contribution in [-0.4, -0.2) is 15.0 Å². The Balaban J connectivity index is 2.45. The minimum Gasteiger partial charge on any atom is -0.211 e. The van der Waals surface area contributed by atoms with Crippen LogP contribution in [-0.2, 0) is 10.0 Å². The number of sulfonamides is 1. The van der Waals surface area contributed by atoms with Crippen molar-refractivity contribution in [1.82, 2.24) is 4.72 Å². The fourth-order valence-electron chi connectivity index (χ4n) is 2.95. The molecular weight excluding hydrogens is 294 g/mol. The van der Waals surface area contributed by atoms with Crippen molar-refractivity contribution in [2.45, 2.75) is 77.5 Å². The first-order chi connectivity index (χ1) is 10.4. The van der Waals surface area contributed by atoms with Crippen molar-refractivity contribution in [3.63, 3.8) is 0 Å². The van der Waals surface area contributed by atoms with E-state index in [0.717, 1.165) is 29.5 Å². The zero-order valence-electron chi connectivity index (χ0n) is 14.5. The van der Waals surface area contributed by atoms with E-state index in [2.05, 4.69) is 11.6 Å². The predicted molar refractivity (Wildman–Crippen MR) is 93.8 cm³/mol. The zero-order valence-corrected chi connectivity index (χ0v) is 15.4. The molecule has 1 N–H and O–H groups in total. The van der Waals surface area contributed by atoms with E-state index in [0.29, 0.717) is 11.4 Å². The topological polar surface area (TPSA) is 46.2 Å². The summed E-state index contributed by atoms with van der Waals surface area (Å²) in [5.74, 6) is 0. The molecule has 126 valence electrons. The molecule has 0 aliphatic heterocycles. The molecule has 4 heteroatoms. The average Bonchev–Trinajstić information content (AvgIpc) is 2.40. The number of aryl methyl sites for hydroxylation is 3. The molecule has 0 aliphatic carbocycles. The molecule has 3 nitrogen and oxygen atoms in total. The molecule has 0 aromatic heterocycles. The number of benzene rings is 1. The summed E-state index contributed by atoms with van der Waals surface area (Å²) in [4.78, 5) is 0.445. The van der Waals surface area contributed by atoms with Gasteiger partial charge in [0.25, 0.3) is 0 Å². The van der Waals surface area contributed by atoms with Crippen LogP contribution >= 0.6 is 0 Å². The lowest BCUT2D eigenvalue weighted by atomic mass is 10.1.